The summed E-state index contributed by atoms with van der Waals surface area (Å²) in [5.74, 6) is 1.11. The minimum absolute atomic E-state index is 0.577. The monoisotopic (exact) mass is 256 g/mol. The molecule has 0 aromatic carbocycles. The molecule has 4 fully saturated rings. The van der Waals surface area contributed by atoms with E-state index in [1.807, 2.05) is 0 Å². The minimum Gasteiger partial charge on any atom is -0.0853 e. The van der Waals surface area contributed by atoms with Gasteiger partial charge in [-0.05, 0) is 62.7 Å². The average Bonchev–Trinajstić information content (AvgIpc) is 2.73. The summed E-state index contributed by atoms with van der Waals surface area (Å²) in [5.41, 5.74) is 0.812. The molecule has 1 heteroatoms. The lowest BCUT2D eigenvalue weighted by molar-refractivity contribution is 0.0254. The van der Waals surface area contributed by atoms with Crippen molar-refractivity contribution < 1.29 is 0 Å². The van der Waals surface area contributed by atoms with Crippen LogP contribution in [0.3, 0.4) is 0 Å². The van der Waals surface area contributed by atoms with Crippen LogP contribution in [-0.2, 0) is 0 Å². The van der Waals surface area contributed by atoms with Crippen molar-refractivity contribution in [3.63, 3.8) is 0 Å². The van der Waals surface area contributed by atoms with E-state index >= 15 is 0 Å². The van der Waals surface area contributed by atoms with E-state index in [0.29, 0.717) is 4.32 Å². The molecule has 0 atom stereocenters. The first-order valence-electron chi connectivity index (χ1n) is 6.42. The van der Waals surface area contributed by atoms with Crippen molar-refractivity contribution in [3.8, 4) is 0 Å². The number of halogens is 1. The molecule has 0 aromatic rings. The molecule has 0 aliphatic heterocycles. The molecule has 4 rings (SSSR count). The van der Waals surface area contributed by atoms with Crippen molar-refractivity contribution in [2.75, 3.05) is 0 Å². The predicted octanol–water partition coefficient (Wildman–Crippen LogP) is 4.66. The van der Waals surface area contributed by atoms with Crippen molar-refractivity contribution in [2.24, 2.45) is 11.3 Å². The van der Waals surface area contributed by atoms with Crippen LogP contribution in [0.4, 0.5) is 0 Å². The van der Waals surface area contributed by atoms with Gasteiger partial charge in [0, 0.05) is 4.32 Å². The quantitative estimate of drug-likeness (QED) is 0.599. The van der Waals surface area contributed by atoms with Crippen molar-refractivity contribution >= 4 is 15.9 Å². The lowest BCUT2D eigenvalue weighted by Crippen LogP contribution is -2.45. The Kier molecular flexibility index (Phi) is 2.24. The Morgan fingerprint density at radius 3 is 1.79 bits per heavy atom. The summed E-state index contributed by atoms with van der Waals surface area (Å²) in [5, 5.41) is 0. The molecule has 4 aliphatic rings. The number of rotatable bonds is 1. The summed E-state index contributed by atoms with van der Waals surface area (Å²) in [6.45, 7) is 0. The van der Waals surface area contributed by atoms with Crippen molar-refractivity contribution in [1.82, 2.24) is 0 Å². The second-order valence-corrected chi connectivity index (χ2v) is 7.68. The maximum atomic E-state index is 3.97. The summed E-state index contributed by atoms with van der Waals surface area (Å²) in [6.07, 6.45) is 15.1. The van der Waals surface area contributed by atoms with Gasteiger partial charge in [0.25, 0.3) is 0 Å². The van der Waals surface area contributed by atoms with Gasteiger partial charge in [0.05, 0.1) is 0 Å². The van der Waals surface area contributed by atoms with E-state index in [0.717, 1.165) is 11.3 Å². The highest BCUT2D eigenvalue weighted by atomic mass is 79.9. The zero-order chi connectivity index (χ0) is 9.65. The Balaban J connectivity index is 1.78. The Morgan fingerprint density at radius 2 is 1.29 bits per heavy atom. The van der Waals surface area contributed by atoms with Gasteiger partial charge in [-0.15, -0.1) is 0 Å². The summed E-state index contributed by atoms with van der Waals surface area (Å²) >= 11 is 3.97. The van der Waals surface area contributed by atoms with E-state index < -0.39 is 0 Å². The molecule has 0 N–H and O–H groups in total. The van der Waals surface area contributed by atoms with Crippen LogP contribution in [-0.4, -0.2) is 4.32 Å². The van der Waals surface area contributed by atoms with E-state index in [2.05, 4.69) is 15.9 Å². The van der Waals surface area contributed by atoms with Gasteiger partial charge in [-0.25, -0.2) is 0 Å². The van der Waals surface area contributed by atoms with Gasteiger partial charge >= 0.3 is 0 Å². The normalized spacial score (nSPS) is 48.6. The smallest absolute Gasteiger partial charge is 0.0258 e. The average molecular weight is 257 g/mol. The first kappa shape index (κ1) is 9.69. The van der Waals surface area contributed by atoms with Crippen LogP contribution in [0.5, 0.6) is 0 Å². The van der Waals surface area contributed by atoms with Gasteiger partial charge in [-0.3, -0.25) is 0 Å². The Morgan fingerprint density at radius 1 is 0.786 bits per heavy atom. The van der Waals surface area contributed by atoms with Gasteiger partial charge < -0.3 is 0 Å². The number of alkyl halides is 1. The van der Waals surface area contributed by atoms with Crippen LogP contribution in [0.25, 0.3) is 0 Å². The molecule has 4 aliphatic carbocycles. The molecule has 0 amide bonds. The fraction of sp³-hybridized carbons (Fsp3) is 1.00. The summed E-state index contributed by atoms with van der Waals surface area (Å²) in [7, 11) is 0. The van der Waals surface area contributed by atoms with E-state index in [1.165, 1.54) is 51.4 Å². The maximum Gasteiger partial charge on any atom is 0.0258 e. The minimum atomic E-state index is 0.577. The lowest BCUT2D eigenvalue weighted by atomic mass is 9.55. The van der Waals surface area contributed by atoms with Crippen LogP contribution < -0.4 is 0 Å². The second-order valence-electron chi connectivity index (χ2n) is 5.99. The first-order chi connectivity index (χ1) is 6.73. The molecule has 80 valence electrons. The highest BCUT2D eigenvalue weighted by Crippen LogP contribution is 2.61. The molecule has 0 nitrogen and oxygen atoms in total. The molecule has 4 saturated carbocycles. The molecular formula is C13H21Br. The fourth-order valence-corrected chi connectivity index (χ4v) is 4.91. The standard InChI is InChI=1S/C13H21Br/c14-13-8-5-12(6-9-13,7-10-13)11-3-1-2-4-11/h11H,1-10H2. The Bertz CT molecular complexity index is 203. The van der Waals surface area contributed by atoms with Gasteiger partial charge in [0.2, 0.25) is 0 Å². The molecule has 14 heavy (non-hydrogen) atoms. The third kappa shape index (κ3) is 1.38. The largest absolute Gasteiger partial charge is 0.0853 e. The Labute approximate surface area is 96.0 Å². The first-order valence-corrected chi connectivity index (χ1v) is 7.21. The zero-order valence-corrected chi connectivity index (χ0v) is 10.6. The van der Waals surface area contributed by atoms with Crippen molar-refractivity contribution in [3.05, 3.63) is 0 Å². The third-order valence-electron chi connectivity index (χ3n) is 5.43. The highest BCUT2D eigenvalue weighted by molar-refractivity contribution is 9.10. The summed E-state index contributed by atoms with van der Waals surface area (Å²) in [4.78, 5) is 0. The summed E-state index contributed by atoms with van der Waals surface area (Å²) in [6, 6.07) is 0. The molecule has 0 aromatic heterocycles. The van der Waals surface area contributed by atoms with E-state index in [1.54, 1.807) is 12.8 Å². The fourth-order valence-electron chi connectivity index (χ4n) is 4.32. The van der Waals surface area contributed by atoms with E-state index in [4.69, 9.17) is 0 Å². The van der Waals surface area contributed by atoms with Crippen LogP contribution in [0, 0.1) is 11.3 Å². The number of hydrogen-bond donors (Lipinski definition) is 0. The van der Waals surface area contributed by atoms with Gasteiger partial charge in [-0.2, -0.15) is 0 Å². The molecule has 0 radical (unpaired) electrons. The molecule has 0 heterocycles. The molecule has 0 saturated heterocycles. The number of hydrogen-bond acceptors (Lipinski definition) is 0. The highest BCUT2D eigenvalue weighted by Gasteiger charge is 2.50. The topological polar surface area (TPSA) is 0 Å². The number of fused-ring (bicyclic) bond motifs is 3. The van der Waals surface area contributed by atoms with Crippen LogP contribution in [0.15, 0.2) is 0 Å². The lowest BCUT2D eigenvalue weighted by Gasteiger charge is -2.54. The van der Waals surface area contributed by atoms with Crippen LogP contribution >= 0.6 is 15.9 Å². The van der Waals surface area contributed by atoms with Gasteiger partial charge in [0.1, 0.15) is 0 Å². The van der Waals surface area contributed by atoms with Crippen LogP contribution in [0.1, 0.15) is 64.2 Å². The van der Waals surface area contributed by atoms with Gasteiger partial charge in [-0.1, -0.05) is 28.8 Å². The Hall–Kier alpha value is 0.480. The van der Waals surface area contributed by atoms with E-state index in [9.17, 15) is 0 Å². The molecule has 2 bridgehead atoms. The molecule has 0 spiro atoms. The van der Waals surface area contributed by atoms with Crippen LogP contribution in [0.2, 0.25) is 0 Å². The predicted molar refractivity (Wildman–Crippen MR) is 63.8 cm³/mol. The second kappa shape index (κ2) is 3.23. The zero-order valence-electron chi connectivity index (χ0n) is 9.03. The molecular weight excluding hydrogens is 236 g/mol. The van der Waals surface area contributed by atoms with Crippen molar-refractivity contribution in [2.45, 2.75) is 68.5 Å². The maximum absolute atomic E-state index is 3.97. The van der Waals surface area contributed by atoms with Gasteiger partial charge in [0.15, 0.2) is 0 Å². The summed E-state index contributed by atoms with van der Waals surface area (Å²) < 4.78 is 0.577. The molecule has 0 unspecified atom stereocenters. The third-order valence-corrected chi connectivity index (χ3v) is 6.62. The van der Waals surface area contributed by atoms with Crippen molar-refractivity contribution in [1.29, 1.82) is 0 Å². The van der Waals surface area contributed by atoms with E-state index in [-0.39, 0.29) is 0 Å². The SMILES string of the molecule is BrC12CCC(C3CCCC3)(CC1)CC2.